The van der Waals surface area contributed by atoms with Crippen LogP contribution < -0.4 is 0 Å². The van der Waals surface area contributed by atoms with Crippen molar-refractivity contribution in [3.8, 4) is 0 Å². The predicted molar refractivity (Wildman–Crippen MR) is 81.9 cm³/mol. The first kappa shape index (κ1) is 17.0. The van der Waals surface area contributed by atoms with Crippen LogP contribution in [0, 0.1) is 5.92 Å². The van der Waals surface area contributed by atoms with Crippen molar-refractivity contribution in [2.24, 2.45) is 5.92 Å². The van der Waals surface area contributed by atoms with Gasteiger partial charge in [-0.15, -0.1) is 0 Å². The van der Waals surface area contributed by atoms with Gasteiger partial charge in [-0.25, -0.2) is 8.42 Å². The van der Waals surface area contributed by atoms with Crippen molar-refractivity contribution in [1.82, 2.24) is 4.90 Å². The van der Waals surface area contributed by atoms with Gasteiger partial charge >= 0.3 is 5.97 Å². The Kier molecular flexibility index (Phi) is 5.61. The quantitative estimate of drug-likeness (QED) is 0.553. The van der Waals surface area contributed by atoms with Gasteiger partial charge in [0.05, 0.1) is 17.4 Å². The summed E-state index contributed by atoms with van der Waals surface area (Å²) >= 11 is 0. The van der Waals surface area contributed by atoms with Gasteiger partial charge in [-0.3, -0.25) is 9.59 Å². The van der Waals surface area contributed by atoms with Crippen molar-refractivity contribution < 1.29 is 22.7 Å². The lowest BCUT2D eigenvalue weighted by Gasteiger charge is -2.27. The second-order valence-electron chi connectivity index (χ2n) is 5.83. The molecular weight excluding hydrogens is 306 g/mol. The van der Waals surface area contributed by atoms with Crippen LogP contribution >= 0.6 is 0 Å². The van der Waals surface area contributed by atoms with E-state index in [1.165, 1.54) is 4.90 Å². The molecule has 1 heterocycles. The first-order valence-electron chi connectivity index (χ1n) is 7.74. The zero-order valence-corrected chi connectivity index (χ0v) is 13.7. The van der Waals surface area contributed by atoms with Gasteiger partial charge in [0, 0.05) is 12.6 Å². The zero-order chi connectivity index (χ0) is 16.2. The van der Waals surface area contributed by atoms with Crippen molar-refractivity contribution in [2.75, 3.05) is 24.7 Å². The molecule has 7 heteroatoms. The Balaban J connectivity index is 1.84. The minimum atomic E-state index is -3.04. The number of hydrogen-bond donors (Lipinski definition) is 0. The SMILES string of the molecule is CCN(C(=O)COC(=O)C1CC=CCC1)C1CCS(=O)(=O)C1. The molecule has 1 amide bonds. The molecular formula is C15H23NO5S. The molecule has 0 aromatic heterocycles. The number of esters is 1. The van der Waals surface area contributed by atoms with Crippen LogP contribution in [-0.4, -0.2) is 55.9 Å². The molecule has 2 rings (SSSR count). The average molecular weight is 329 g/mol. The molecule has 1 saturated heterocycles. The van der Waals surface area contributed by atoms with E-state index in [1.807, 2.05) is 12.2 Å². The molecule has 0 radical (unpaired) electrons. The molecule has 22 heavy (non-hydrogen) atoms. The van der Waals surface area contributed by atoms with Crippen molar-refractivity contribution in [1.29, 1.82) is 0 Å². The molecule has 2 aliphatic rings. The van der Waals surface area contributed by atoms with E-state index >= 15 is 0 Å². The molecule has 0 bridgehead atoms. The second kappa shape index (κ2) is 7.26. The number of ether oxygens (including phenoxy) is 1. The highest BCUT2D eigenvalue weighted by atomic mass is 32.2. The number of carbonyl (C=O) groups is 2. The van der Waals surface area contributed by atoms with Crippen molar-refractivity contribution in [3.05, 3.63) is 12.2 Å². The number of rotatable bonds is 5. The molecule has 0 aromatic carbocycles. The maximum absolute atomic E-state index is 12.2. The first-order chi connectivity index (χ1) is 10.4. The first-order valence-corrected chi connectivity index (χ1v) is 9.56. The van der Waals surface area contributed by atoms with Gasteiger partial charge in [0.25, 0.3) is 5.91 Å². The normalized spacial score (nSPS) is 26.6. The standard InChI is InChI=1S/C15H23NO5S/c1-2-16(13-8-9-22(19,20)11-13)14(17)10-21-15(18)12-6-4-3-5-7-12/h3-4,12-13H,2,5-11H2,1H3. The minimum absolute atomic E-state index is 0.00788. The van der Waals surface area contributed by atoms with E-state index in [1.54, 1.807) is 6.92 Å². The molecule has 1 fully saturated rings. The second-order valence-corrected chi connectivity index (χ2v) is 8.05. The van der Waals surface area contributed by atoms with Gasteiger partial charge in [0.2, 0.25) is 0 Å². The molecule has 1 aliphatic heterocycles. The summed E-state index contributed by atoms with van der Waals surface area (Å²) in [5, 5.41) is 0. The monoisotopic (exact) mass is 329 g/mol. The fourth-order valence-corrected chi connectivity index (χ4v) is 4.73. The van der Waals surface area contributed by atoms with Crippen LogP contribution in [0.15, 0.2) is 12.2 Å². The maximum atomic E-state index is 12.2. The highest BCUT2D eigenvalue weighted by Gasteiger charge is 2.34. The number of likely N-dealkylation sites (N-methyl/N-ethyl adjacent to an activating group) is 1. The van der Waals surface area contributed by atoms with E-state index in [0.29, 0.717) is 19.4 Å². The summed E-state index contributed by atoms with van der Waals surface area (Å²) < 4.78 is 28.2. The number of sulfone groups is 1. The molecule has 2 unspecified atom stereocenters. The number of allylic oxidation sites excluding steroid dienone is 2. The highest BCUT2D eigenvalue weighted by molar-refractivity contribution is 7.91. The Morgan fingerprint density at radius 2 is 2.05 bits per heavy atom. The molecule has 0 saturated carbocycles. The summed E-state index contributed by atoms with van der Waals surface area (Å²) in [6.07, 6.45) is 6.72. The van der Waals surface area contributed by atoms with Crippen LogP contribution in [-0.2, 0) is 24.2 Å². The van der Waals surface area contributed by atoms with E-state index < -0.39 is 9.84 Å². The summed E-state index contributed by atoms with van der Waals surface area (Å²) in [5.41, 5.74) is 0. The summed E-state index contributed by atoms with van der Waals surface area (Å²) in [5.74, 6) is -0.694. The third-order valence-corrected chi connectivity index (χ3v) is 6.00. The zero-order valence-electron chi connectivity index (χ0n) is 12.9. The van der Waals surface area contributed by atoms with Gasteiger partial charge in [-0.1, -0.05) is 12.2 Å². The predicted octanol–water partition coefficient (Wildman–Crippen LogP) is 0.922. The molecule has 0 N–H and O–H groups in total. The maximum Gasteiger partial charge on any atom is 0.309 e. The van der Waals surface area contributed by atoms with E-state index in [-0.39, 0.29) is 41.9 Å². The van der Waals surface area contributed by atoms with Crippen LogP contribution in [0.5, 0.6) is 0 Å². The Morgan fingerprint density at radius 3 is 2.59 bits per heavy atom. The van der Waals surface area contributed by atoms with Crippen LogP contribution in [0.25, 0.3) is 0 Å². The molecule has 2 atom stereocenters. The molecule has 1 aliphatic carbocycles. The lowest BCUT2D eigenvalue weighted by Crippen LogP contribution is -2.43. The third kappa shape index (κ3) is 4.32. The van der Waals surface area contributed by atoms with Crippen LogP contribution in [0.3, 0.4) is 0 Å². The number of nitrogens with zero attached hydrogens (tertiary/aromatic N) is 1. The summed E-state index contributed by atoms with van der Waals surface area (Å²) in [6, 6.07) is -0.293. The fraction of sp³-hybridized carbons (Fsp3) is 0.733. The van der Waals surface area contributed by atoms with Crippen molar-refractivity contribution in [3.63, 3.8) is 0 Å². The van der Waals surface area contributed by atoms with Crippen LogP contribution in [0.2, 0.25) is 0 Å². The number of carbonyl (C=O) groups excluding carboxylic acids is 2. The lowest BCUT2D eigenvalue weighted by molar-refractivity contribution is -0.156. The smallest absolute Gasteiger partial charge is 0.309 e. The van der Waals surface area contributed by atoms with E-state index in [4.69, 9.17) is 4.74 Å². The highest BCUT2D eigenvalue weighted by Crippen LogP contribution is 2.20. The van der Waals surface area contributed by atoms with Crippen molar-refractivity contribution >= 4 is 21.7 Å². The fourth-order valence-electron chi connectivity index (χ4n) is 3.00. The number of amides is 1. The average Bonchev–Trinajstić information content (AvgIpc) is 2.86. The largest absolute Gasteiger partial charge is 0.455 e. The molecule has 0 aromatic rings. The van der Waals surface area contributed by atoms with Crippen LogP contribution in [0.1, 0.15) is 32.6 Å². The Morgan fingerprint density at radius 1 is 1.27 bits per heavy atom. The van der Waals surface area contributed by atoms with E-state index in [9.17, 15) is 18.0 Å². The minimum Gasteiger partial charge on any atom is -0.455 e. The summed E-state index contributed by atoms with van der Waals surface area (Å²) in [4.78, 5) is 25.6. The Labute approximate surface area is 131 Å². The molecule has 0 spiro atoms. The van der Waals surface area contributed by atoms with Gasteiger partial charge < -0.3 is 9.64 Å². The van der Waals surface area contributed by atoms with E-state index in [0.717, 1.165) is 12.8 Å². The summed E-state index contributed by atoms with van der Waals surface area (Å²) in [7, 11) is -3.04. The Hall–Kier alpha value is -1.37. The summed E-state index contributed by atoms with van der Waals surface area (Å²) in [6.45, 7) is 1.92. The third-order valence-electron chi connectivity index (χ3n) is 4.25. The number of hydrogen-bond acceptors (Lipinski definition) is 5. The molecule has 6 nitrogen and oxygen atoms in total. The van der Waals surface area contributed by atoms with Gasteiger partial charge in [0.15, 0.2) is 16.4 Å². The van der Waals surface area contributed by atoms with E-state index in [2.05, 4.69) is 0 Å². The van der Waals surface area contributed by atoms with Gasteiger partial charge in [-0.05, 0) is 32.6 Å². The van der Waals surface area contributed by atoms with Gasteiger partial charge in [-0.2, -0.15) is 0 Å². The van der Waals surface area contributed by atoms with Gasteiger partial charge in [0.1, 0.15) is 0 Å². The topological polar surface area (TPSA) is 80.8 Å². The lowest BCUT2D eigenvalue weighted by atomic mass is 9.95. The van der Waals surface area contributed by atoms with Crippen molar-refractivity contribution in [2.45, 2.75) is 38.6 Å². The Bertz CT molecular complexity index is 554. The van der Waals surface area contributed by atoms with Crippen LogP contribution in [0.4, 0.5) is 0 Å². The molecule has 124 valence electrons.